The molecule has 1 aromatic heterocycles. The fourth-order valence-corrected chi connectivity index (χ4v) is 2.65. The van der Waals surface area contributed by atoms with E-state index in [1.807, 2.05) is 43.3 Å². The fraction of sp³-hybridized carbons (Fsp3) is 0.333. The number of rotatable bonds is 9. The Morgan fingerprint density at radius 3 is 2.42 bits per heavy atom. The summed E-state index contributed by atoms with van der Waals surface area (Å²) < 4.78 is 16.3. The number of benzene rings is 2. The van der Waals surface area contributed by atoms with E-state index in [4.69, 9.17) is 13.9 Å². The van der Waals surface area contributed by atoms with Gasteiger partial charge < -0.3 is 13.9 Å². The average molecular weight is 353 g/mol. The van der Waals surface area contributed by atoms with E-state index < -0.39 is 5.63 Å². The molecule has 0 bridgehead atoms. The van der Waals surface area contributed by atoms with Crippen LogP contribution in [0, 0.1) is 6.92 Å². The molecule has 0 unspecified atom stereocenters. The van der Waals surface area contributed by atoms with Gasteiger partial charge in [-0.25, -0.2) is 4.79 Å². The standard InChI is InChI=1S/C21H23NO4/c1-16-11-12-19-18(15-16)20(23)26-21(22-19)25-14-8-3-2-7-13-24-17-9-5-4-6-10-17/h4-6,9-12,15H,2-3,7-8,13-14H2,1H3. The number of aromatic nitrogens is 1. The molecule has 0 saturated heterocycles. The van der Waals surface area contributed by atoms with Gasteiger partial charge in [-0.3, -0.25) is 0 Å². The molecular formula is C21H23NO4. The van der Waals surface area contributed by atoms with Gasteiger partial charge in [0.1, 0.15) is 5.75 Å². The summed E-state index contributed by atoms with van der Waals surface area (Å²) in [5.74, 6) is 0.906. The molecule has 0 aliphatic carbocycles. The third-order valence-corrected chi connectivity index (χ3v) is 4.04. The van der Waals surface area contributed by atoms with Crippen LogP contribution in [0.4, 0.5) is 0 Å². The number of unbranched alkanes of at least 4 members (excludes halogenated alkanes) is 3. The largest absolute Gasteiger partial charge is 0.494 e. The summed E-state index contributed by atoms with van der Waals surface area (Å²) in [5, 5.41) is 0.482. The zero-order chi connectivity index (χ0) is 18.2. The molecule has 0 amide bonds. The summed E-state index contributed by atoms with van der Waals surface area (Å²) in [4.78, 5) is 16.2. The maximum atomic E-state index is 12.0. The second-order valence-corrected chi connectivity index (χ2v) is 6.21. The third kappa shape index (κ3) is 5.09. The molecule has 0 aliphatic rings. The van der Waals surface area contributed by atoms with Crippen molar-refractivity contribution in [2.24, 2.45) is 0 Å². The monoisotopic (exact) mass is 353 g/mol. The Bertz CT molecular complexity index is 889. The zero-order valence-corrected chi connectivity index (χ0v) is 14.9. The van der Waals surface area contributed by atoms with Crippen molar-refractivity contribution in [2.75, 3.05) is 13.2 Å². The molecule has 5 heteroatoms. The number of hydrogen-bond acceptors (Lipinski definition) is 5. The summed E-state index contributed by atoms with van der Waals surface area (Å²) >= 11 is 0. The van der Waals surface area contributed by atoms with E-state index in [0.717, 1.165) is 37.0 Å². The van der Waals surface area contributed by atoms with Gasteiger partial charge in [-0.1, -0.05) is 29.8 Å². The molecule has 3 rings (SSSR count). The van der Waals surface area contributed by atoms with Gasteiger partial charge in [0.25, 0.3) is 0 Å². The van der Waals surface area contributed by atoms with E-state index in [2.05, 4.69) is 4.98 Å². The van der Waals surface area contributed by atoms with Crippen LogP contribution in [-0.4, -0.2) is 18.2 Å². The van der Waals surface area contributed by atoms with Gasteiger partial charge in [-0.2, -0.15) is 4.98 Å². The molecule has 1 heterocycles. The molecule has 136 valence electrons. The molecule has 0 saturated carbocycles. The fourth-order valence-electron chi connectivity index (χ4n) is 2.65. The summed E-state index contributed by atoms with van der Waals surface area (Å²) in [6.07, 6.45) is 4.00. The number of ether oxygens (including phenoxy) is 2. The van der Waals surface area contributed by atoms with Crippen molar-refractivity contribution in [3.05, 3.63) is 64.5 Å². The summed E-state index contributed by atoms with van der Waals surface area (Å²) in [6, 6.07) is 15.3. The lowest BCUT2D eigenvalue weighted by atomic mass is 10.2. The van der Waals surface area contributed by atoms with E-state index in [-0.39, 0.29) is 6.08 Å². The lowest BCUT2D eigenvalue weighted by molar-refractivity contribution is 0.210. The van der Waals surface area contributed by atoms with Gasteiger partial charge >= 0.3 is 11.7 Å². The first-order valence-electron chi connectivity index (χ1n) is 8.94. The highest BCUT2D eigenvalue weighted by Gasteiger charge is 2.07. The minimum absolute atomic E-state index is 0.0405. The number of hydrogen-bond donors (Lipinski definition) is 0. The van der Waals surface area contributed by atoms with E-state index in [0.29, 0.717) is 24.1 Å². The van der Waals surface area contributed by atoms with Crippen molar-refractivity contribution in [3.63, 3.8) is 0 Å². The Morgan fingerprint density at radius 1 is 0.923 bits per heavy atom. The molecule has 2 aromatic carbocycles. The van der Waals surface area contributed by atoms with Crippen molar-refractivity contribution in [1.82, 2.24) is 4.98 Å². The predicted molar refractivity (Wildman–Crippen MR) is 101 cm³/mol. The predicted octanol–water partition coefficient (Wildman–Crippen LogP) is 4.51. The maximum absolute atomic E-state index is 12.0. The third-order valence-electron chi connectivity index (χ3n) is 4.04. The molecule has 26 heavy (non-hydrogen) atoms. The Kier molecular flexibility index (Phi) is 6.25. The molecular weight excluding hydrogens is 330 g/mol. The highest BCUT2D eigenvalue weighted by atomic mass is 16.6. The minimum Gasteiger partial charge on any atom is -0.494 e. The van der Waals surface area contributed by atoms with Crippen LogP contribution in [0.5, 0.6) is 11.8 Å². The van der Waals surface area contributed by atoms with Crippen LogP contribution >= 0.6 is 0 Å². The van der Waals surface area contributed by atoms with Crippen LogP contribution in [0.25, 0.3) is 10.9 Å². The maximum Gasteiger partial charge on any atom is 0.397 e. The van der Waals surface area contributed by atoms with Gasteiger partial charge in [0.05, 0.1) is 24.1 Å². The second kappa shape index (κ2) is 9.04. The molecule has 0 spiro atoms. The topological polar surface area (TPSA) is 61.6 Å². The van der Waals surface area contributed by atoms with Crippen LogP contribution < -0.4 is 15.1 Å². The van der Waals surface area contributed by atoms with E-state index in [9.17, 15) is 4.79 Å². The van der Waals surface area contributed by atoms with Gasteiger partial charge in [-0.05, 0) is 56.9 Å². The number of fused-ring (bicyclic) bond motifs is 1. The Balaban J connectivity index is 1.35. The van der Waals surface area contributed by atoms with E-state index >= 15 is 0 Å². The molecule has 0 atom stereocenters. The van der Waals surface area contributed by atoms with Crippen molar-refractivity contribution in [2.45, 2.75) is 32.6 Å². The average Bonchev–Trinajstić information content (AvgIpc) is 2.65. The van der Waals surface area contributed by atoms with Crippen LogP contribution in [0.15, 0.2) is 57.7 Å². The first-order chi connectivity index (χ1) is 12.7. The zero-order valence-electron chi connectivity index (χ0n) is 14.9. The second-order valence-electron chi connectivity index (χ2n) is 6.21. The number of nitrogens with zero attached hydrogens (tertiary/aromatic N) is 1. The van der Waals surface area contributed by atoms with Crippen LogP contribution in [0.1, 0.15) is 31.2 Å². The summed E-state index contributed by atoms with van der Waals surface area (Å²) in [5.41, 5.74) is 1.18. The molecule has 0 aliphatic heterocycles. The highest BCUT2D eigenvalue weighted by molar-refractivity contribution is 5.77. The van der Waals surface area contributed by atoms with Crippen molar-refractivity contribution in [3.8, 4) is 11.8 Å². The van der Waals surface area contributed by atoms with Crippen molar-refractivity contribution < 1.29 is 13.9 Å². The summed E-state index contributed by atoms with van der Waals surface area (Å²) in [7, 11) is 0. The molecule has 5 nitrogen and oxygen atoms in total. The van der Waals surface area contributed by atoms with Gasteiger partial charge in [-0.15, -0.1) is 0 Å². The lowest BCUT2D eigenvalue weighted by Crippen LogP contribution is -2.06. The molecule has 3 aromatic rings. The van der Waals surface area contributed by atoms with Gasteiger partial charge in [0.2, 0.25) is 0 Å². The number of aryl methyl sites for hydroxylation is 1. The Morgan fingerprint density at radius 2 is 1.65 bits per heavy atom. The lowest BCUT2D eigenvalue weighted by Gasteiger charge is -2.06. The Hall–Kier alpha value is -2.82. The Labute approximate surface area is 152 Å². The quantitative estimate of drug-likeness (QED) is 0.530. The normalized spacial score (nSPS) is 10.8. The number of para-hydroxylation sites is 1. The smallest absolute Gasteiger partial charge is 0.397 e. The van der Waals surface area contributed by atoms with Crippen molar-refractivity contribution in [1.29, 1.82) is 0 Å². The molecule has 0 radical (unpaired) electrons. The van der Waals surface area contributed by atoms with Gasteiger partial charge in [0.15, 0.2) is 0 Å². The summed E-state index contributed by atoms with van der Waals surface area (Å²) in [6.45, 7) is 3.12. The van der Waals surface area contributed by atoms with Crippen molar-refractivity contribution >= 4 is 10.9 Å². The minimum atomic E-state index is -0.410. The van der Waals surface area contributed by atoms with E-state index in [1.54, 1.807) is 12.1 Å². The molecule has 0 N–H and O–H groups in total. The van der Waals surface area contributed by atoms with E-state index in [1.165, 1.54) is 0 Å². The SMILES string of the molecule is Cc1ccc2nc(OCCCCCCOc3ccccc3)oc(=O)c2c1. The highest BCUT2D eigenvalue weighted by Crippen LogP contribution is 2.14. The van der Waals surface area contributed by atoms with Crippen LogP contribution in [0.2, 0.25) is 0 Å². The molecule has 0 fully saturated rings. The first-order valence-corrected chi connectivity index (χ1v) is 8.94. The first kappa shape index (κ1) is 18.0. The van der Waals surface area contributed by atoms with Crippen LogP contribution in [0.3, 0.4) is 0 Å². The van der Waals surface area contributed by atoms with Gasteiger partial charge in [0, 0.05) is 0 Å². The van der Waals surface area contributed by atoms with Crippen LogP contribution in [-0.2, 0) is 0 Å².